The Labute approximate surface area is 83.5 Å². The fraction of sp³-hybridized carbons (Fsp3) is 0.300. The Bertz CT molecular complexity index is 349. The molecule has 0 aliphatic carbocycles. The number of carbonyl (C=O) groups is 1. The van der Waals surface area contributed by atoms with Crippen LogP contribution in [0.2, 0.25) is 0 Å². The molecule has 0 bridgehead atoms. The minimum absolute atomic E-state index is 0.0291. The minimum atomic E-state index is 0.0291. The molecule has 0 fully saturated rings. The lowest BCUT2D eigenvalue weighted by molar-refractivity contribution is -0.118. The largest absolute Gasteiger partial charge is 0.399 e. The van der Waals surface area contributed by atoms with Crippen LogP contribution < -0.4 is 16.4 Å². The SMILES string of the molecule is CCC(=O)N(C)c1ccc(N)cc1N. The summed E-state index contributed by atoms with van der Waals surface area (Å²) < 4.78 is 0. The summed E-state index contributed by atoms with van der Waals surface area (Å²) in [6, 6.07) is 5.12. The molecule has 4 nitrogen and oxygen atoms in total. The molecule has 1 rings (SSSR count). The van der Waals surface area contributed by atoms with Gasteiger partial charge in [0.15, 0.2) is 0 Å². The van der Waals surface area contributed by atoms with Crippen LogP contribution in [0.15, 0.2) is 18.2 Å². The first kappa shape index (κ1) is 10.4. The van der Waals surface area contributed by atoms with E-state index >= 15 is 0 Å². The van der Waals surface area contributed by atoms with Crippen molar-refractivity contribution < 1.29 is 4.79 Å². The van der Waals surface area contributed by atoms with Gasteiger partial charge in [0.1, 0.15) is 0 Å². The predicted octanol–water partition coefficient (Wildman–Crippen LogP) is 1.22. The first-order valence-electron chi connectivity index (χ1n) is 4.47. The summed E-state index contributed by atoms with van der Waals surface area (Å²) in [5.74, 6) is 0.0291. The monoisotopic (exact) mass is 193 g/mol. The molecular weight excluding hydrogens is 178 g/mol. The van der Waals surface area contributed by atoms with E-state index in [9.17, 15) is 4.79 Å². The molecule has 1 aromatic carbocycles. The Kier molecular flexibility index (Phi) is 2.96. The Hall–Kier alpha value is -1.71. The fourth-order valence-electron chi connectivity index (χ4n) is 1.25. The number of nitrogen functional groups attached to an aromatic ring is 2. The van der Waals surface area contributed by atoms with E-state index in [2.05, 4.69) is 0 Å². The van der Waals surface area contributed by atoms with Gasteiger partial charge in [-0.1, -0.05) is 6.92 Å². The zero-order valence-electron chi connectivity index (χ0n) is 8.45. The van der Waals surface area contributed by atoms with Gasteiger partial charge >= 0.3 is 0 Å². The summed E-state index contributed by atoms with van der Waals surface area (Å²) in [5, 5.41) is 0. The summed E-state index contributed by atoms with van der Waals surface area (Å²) >= 11 is 0. The summed E-state index contributed by atoms with van der Waals surface area (Å²) in [7, 11) is 1.70. The maximum atomic E-state index is 11.4. The van der Waals surface area contributed by atoms with E-state index in [1.807, 2.05) is 6.92 Å². The first-order valence-corrected chi connectivity index (χ1v) is 4.47. The van der Waals surface area contributed by atoms with E-state index in [0.717, 1.165) is 0 Å². The third-order valence-corrected chi connectivity index (χ3v) is 2.09. The number of amides is 1. The van der Waals surface area contributed by atoms with Gasteiger partial charge in [0, 0.05) is 19.2 Å². The number of carbonyl (C=O) groups excluding carboxylic acids is 1. The van der Waals surface area contributed by atoms with Gasteiger partial charge in [0.2, 0.25) is 5.91 Å². The summed E-state index contributed by atoms with van der Waals surface area (Å²) in [4.78, 5) is 12.9. The van der Waals surface area contributed by atoms with E-state index < -0.39 is 0 Å². The first-order chi connectivity index (χ1) is 6.56. The standard InChI is InChI=1S/C10H15N3O/c1-3-10(14)13(2)9-5-4-7(11)6-8(9)12/h4-6H,3,11-12H2,1-2H3. The summed E-state index contributed by atoms with van der Waals surface area (Å²) in [5.41, 5.74) is 13.1. The maximum Gasteiger partial charge on any atom is 0.226 e. The molecule has 4 heteroatoms. The van der Waals surface area contributed by atoms with Crippen molar-refractivity contribution in [1.82, 2.24) is 0 Å². The van der Waals surface area contributed by atoms with Crippen LogP contribution in [0.3, 0.4) is 0 Å². The molecule has 0 spiro atoms. The lowest BCUT2D eigenvalue weighted by atomic mass is 10.2. The lowest BCUT2D eigenvalue weighted by Gasteiger charge is -2.18. The lowest BCUT2D eigenvalue weighted by Crippen LogP contribution is -2.25. The Balaban J connectivity index is 3.01. The highest BCUT2D eigenvalue weighted by molar-refractivity contribution is 5.96. The van der Waals surface area contributed by atoms with Crippen LogP contribution in [0.4, 0.5) is 17.1 Å². The number of nitrogens with two attached hydrogens (primary N) is 2. The average Bonchev–Trinajstić information content (AvgIpc) is 2.15. The van der Waals surface area contributed by atoms with Gasteiger partial charge in [-0.3, -0.25) is 4.79 Å². The van der Waals surface area contributed by atoms with Crippen LogP contribution >= 0.6 is 0 Å². The minimum Gasteiger partial charge on any atom is -0.399 e. The number of benzene rings is 1. The number of hydrogen-bond acceptors (Lipinski definition) is 3. The normalized spacial score (nSPS) is 9.86. The second kappa shape index (κ2) is 4.00. The van der Waals surface area contributed by atoms with E-state index in [1.54, 1.807) is 25.2 Å². The summed E-state index contributed by atoms with van der Waals surface area (Å²) in [6.07, 6.45) is 0.459. The molecule has 1 amide bonds. The van der Waals surface area contributed by atoms with Crippen molar-refractivity contribution in [2.24, 2.45) is 0 Å². The zero-order chi connectivity index (χ0) is 10.7. The molecule has 0 aromatic heterocycles. The van der Waals surface area contributed by atoms with Gasteiger partial charge in [-0.15, -0.1) is 0 Å². The maximum absolute atomic E-state index is 11.4. The predicted molar refractivity (Wildman–Crippen MR) is 59.0 cm³/mol. The molecule has 14 heavy (non-hydrogen) atoms. The van der Waals surface area contributed by atoms with Crippen molar-refractivity contribution in [2.45, 2.75) is 13.3 Å². The number of anilines is 3. The second-order valence-corrected chi connectivity index (χ2v) is 3.12. The molecule has 0 heterocycles. The molecule has 0 aliphatic heterocycles. The van der Waals surface area contributed by atoms with Gasteiger partial charge in [0.25, 0.3) is 0 Å². The summed E-state index contributed by atoms with van der Waals surface area (Å²) in [6.45, 7) is 1.81. The van der Waals surface area contributed by atoms with Gasteiger partial charge in [0.05, 0.1) is 11.4 Å². The topological polar surface area (TPSA) is 72.3 Å². The van der Waals surface area contributed by atoms with Crippen molar-refractivity contribution in [1.29, 1.82) is 0 Å². The highest BCUT2D eigenvalue weighted by Gasteiger charge is 2.10. The third kappa shape index (κ3) is 1.96. The van der Waals surface area contributed by atoms with Crippen molar-refractivity contribution >= 4 is 23.0 Å². The number of rotatable bonds is 2. The van der Waals surface area contributed by atoms with Gasteiger partial charge in [-0.25, -0.2) is 0 Å². The fourth-order valence-corrected chi connectivity index (χ4v) is 1.25. The van der Waals surface area contributed by atoms with Gasteiger partial charge in [-0.2, -0.15) is 0 Å². The highest BCUT2D eigenvalue weighted by atomic mass is 16.2. The molecule has 0 saturated heterocycles. The second-order valence-electron chi connectivity index (χ2n) is 3.12. The number of nitrogens with zero attached hydrogens (tertiary/aromatic N) is 1. The Morgan fingerprint density at radius 2 is 2.07 bits per heavy atom. The zero-order valence-corrected chi connectivity index (χ0v) is 8.45. The third-order valence-electron chi connectivity index (χ3n) is 2.09. The van der Waals surface area contributed by atoms with E-state index in [-0.39, 0.29) is 5.91 Å². The van der Waals surface area contributed by atoms with Crippen molar-refractivity contribution in [3.05, 3.63) is 18.2 Å². The molecule has 0 atom stereocenters. The van der Waals surface area contributed by atoms with Crippen LogP contribution in [0.5, 0.6) is 0 Å². The Morgan fingerprint density at radius 3 is 2.57 bits per heavy atom. The van der Waals surface area contributed by atoms with Crippen LogP contribution in [0.1, 0.15) is 13.3 Å². The van der Waals surface area contributed by atoms with Gasteiger partial charge in [-0.05, 0) is 18.2 Å². The molecule has 0 saturated carbocycles. The Morgan fingerprint density at radius 1 is 1.43 bits per heavy atom. The van der Waals surface area contributed by atoms with Crippen molar-refractivity contribution in [3.63, 3.8) is 0 Å². The van der Waals surface area contributed by atoms with Crippen LogP contribution in [0, 0.1) is 0 Å². The molecule has 0 aliphatic rings. The molecule has 1 aromatic rings. The smallest absolute Gasteiger partial charge is 0.226 e. The average molecular weight is 193 g/mol. The van der Waals surface area contributed by atoms with Crippen LogP contribution in [-0.2, 0) is 4.79 Å². The van der Waals surface area contributed by atoms with Crippen molar-refractivity contribution in [3.8, 4) is 0 Å². The van der Waals surface area contributed by atoms with E-state index in [4.69, 9.17) is 11.5 Å². The molecule has 4 N–H and O–H groups in total. The molecular formula is C10H15N3O. The molecule has 0 radical (unpaired) electrons. The van der Waals surface area contributed by atoms with Gasteiger partial charge < -0.3 is 16.4 Å². The van der Waals surface area contributed by atoms with Crippen LogP contribution in [-0.4, -0.2) is 13.0 Å². The molecule has 76 valence electrons. The van der Waals surface area contributed by atoms with Crippen molar-refractivity contribution in [2.75, 3.05) is 23.4 Å². The molecule has 0 unspecified atom stereocenters. The highest BCUT2D eigenvalue weighted by Crippen LogP contribution is 2.24. The van der Waals surface area contributed by atoms with E-state index in [0.29, 0.717) is 23.5 Å². The van der Waals surface area contributed by atoms with E-state index in [1.165, 1.54) is 4.90 Å². The van der Waals surface area contributed by atoms with Crippen LogP contribution in [0.25, 0.3) is 0 Å². The quantitative estimate of drug-likeness (QED) is 0.694. The number of hydrogen-bond donors (Lipinski definition) is 2.